The zero-order chi connectivity index (χ0) is 15.8. The van der Waals surface area contributed by atoms with Crippen LogP contribution in [0.25, 0.3) is 0 Å². The van der Waals surface area contributed by atoms with Gasteiger partial charge in [0.05, 0.1) is 6.10 Å². The Morgan fingerprint density at radius 3 is 2.86 bits per heavy atom. The summed E-state index contributed by atoms with van der Waals surface area (Å²) in [5, 5.41) is 24.6. The minimum atomic E-state index is -0.547. The van der Waals surface area contributed by atoms with Crippen molar-refractivity contribution in [3.8, 4) is 0 Å². The minimum absolute atomic E-state index is 0.239. The Hall–Kier alpha value is -1.25. The number of carbonyl (C=O) groups is 1. The number of aliphatic hydroxyl groups is 1. The average molecular weight is 327 g/mol. The Morgan fingerprint density at radius 2 is 2.14 bits per heavy atom. The van der Waals surface area contributed by atoms with E-state index >= 15 is 0 Å². The molecule has 0 saturated carbocycles. The van der Waals surface area contributed by atoms with Crippen molar-refractivity contribution in [3.05, 3.63) is 5.01 Å². The third-order valence-electron chi connectivity index (χ3n) is 3.57. The molecule has 2 amide bonds. The molecule has 1 unspecified atom stereocenters. The van der Waals surface area contributed by atoms with Gasteiger partial charge in [-0.2, -0.15) is 0 Å². The summed E-state index contributed by atoms with van der Waals surface area (Å²) in [6.07, 6.45) is 4.98. The van der Waals surface area contributed by atoms with Crippen molar-refractivity contribution in [2.75, 3.05) is 31.5 Å². The number of rotatable bonds is 7. The van der Waals surface area contributed by atoms with Gasteiger partial charge in [-0.1, -0.05) is 24.7 Å². The first kappa shape index (κ1) is 17.1. The molecule has 2 heterocycles. The van der Waals surface area contributed by atoms with Crippen LogP contribution < -0.4 is 10.6 Å². The number of aromatic nitrogens is 2. The monoisotopic (exact) mass is 327 g/mol. The van der Waals surface area contributed by atoms with E-state index in [1.807, 2.05) is 0 Å². The molecule has 0 aromatic carbocycles. The molecule has 1 aliphatic rings. The average Bonchev–Trinajstić information content (AvgIpc) is 2.94. The number of β-amino-alcohol motifs (C(OH)–C–C–N with tert-alkyl or cyclic N) is 1. The van der Waals surface area contributed by atoms with Gasteiger partial charge >= 0.3 is 6.03 Å². The van der Waals surface area contributed by atoms with Crippen LogP contribution in [0.3, 0.4) is 0 Å². The first-order valence-electron chi connectivity index (χ1n) is 7.95. The lowest BCUT2D eigenvalue weighted by Gasteiger charge is -2.28. The number of hydrogen-bond acceptors (Lipinski definition) is 6. The van der Waals surface area contributed by atoms with Gasteiger partial charge in [0.1, 0.15) is 5.01 Å². The molecule has 1 saturated heterocycles. The van der Waals surface area contributed by atoms with E-state index in [9.17, 15) is 9.90 Å². The van der Waals surface area contributed by atoms with Crippen molar-refractivity contribution >= 4 is 22.5 Å². The third-order valence-corrected chi connectivity index (χ3v) is 4.47. The summed E-state index contributed by atoms with van der Waals surface area (Å²) in [5.41, 5.74) is 0. The van der Waals surface area contributed by atoms with Gasteiger partial charge in [0.15, 0.2) is 0 Å². The smallest absolute Gasteiger partial charge is 0.321 e. The first-order valence-corrected chi connectivity index (χ1v) is 8.76. The van der Waals surface area contributed by atoms with Crippen LogP contribution in [0.1, 0.15) is 37.6 Å². The normalized spacial score (nSPS) is 17.2. The van der Waals surface area contributed by atoms with Crippen LogP contribution >= 0.6 is 11.3 Å². The standard InChI is InChI=1S/C14H25N5O2S/c1-2-6-12-17-18-14(22-12)16-13(21)15-9-11(20)10-19-7-4-3-5-8-19/h11,20H,2-10H2,1H3,(H2,15,16,18,21). The molecule has 8 heteroatoms. The Morgan fingerprint density at radius 1 is 1.36 bits per heavy atom. The van der Waals surface area contributed by atoms with Gasteiger partial charge in [-0.15, -0.1) is 10.2 Å². The number of piperidine rings is 1. The Bertz CT molecular complexity index is 462. The van der Waals surface area contributed by atoms with Crippen LogP contribution in [-0.2, 0) is 6.42 Å². The molecule has 1 aromatic heterocycles. The number of nitrogens with one attached hydrogen (secondary N) is 2. The number of aliphatic hydroxyl groups excluding tert-OH is 1. The highest BCUT2D eigenvalue weighted by Gasteiger charge is 2.15. The number of likely N-dealkylation sites (tertiary alicyclic amines) is 1. The van der Waals surface area contributed by atoms with E-state index in [0.29, 0.717) is 11.7 Å². The lowest BCUT2D eigenvalue weighted by atomic mass is 10.1. The van der Waals surface area contributed by atoms with Crippen molar-refractivity contribution in [3.63, 3.8) is 0 Å². The molecule has 0 bridgehead atoms. The fraction of sp³-hybridized carbons (Fsp3) is 0.786. The number of hydrogen-bond donors (Lipinski definition) is 3. The van der Waals surface area contributed by atoms with E-state index in [2.05, 4.69) is 32.7 Å². The minimum Gasteiger partial charge on any atom is -0.390 e. The summed E-state index contributed by atoms with van der Waals surface area (Å²) in [5.74, 6) is 0. The summed E-state index contributed by atoms with van der Waals surface area (Å²) in [6, 6.07) is -0.350. The van der Waals surface area contributed by atoms with Crippen molar-refractivity contribution in [2.45, 2.75) is 45.1 Å². The molecular formula is C14H25N5O2S. The van der Waals surface area contributed by atoms with Gasteiger partial charge in [-0.05, 0) is 32.4 Å². The summed E-state index contributed by atoms with van der Waals surface area (Å²) in [7, 11) is 0. The molecule has 1 aliphatic heterocycles. The summed E-state index contributed by atoms with van der Waals surface area (Å²) in [6.45, 7) is 5.00. The van der Waals surface area contributed by atoms with Crippen LogP contribution in [0.2, 0.25) is 0 Å². The van der Waals surface area contributed by atoms with Gasteiger partial charge < -0.3 is 15.3 Å². The predicted octanol–water partition coefficient (Wildman–Crippen LogP) is 1.46. The Labute approximate surface area is 135 Å². The topological polar surface area (TPSA) is 90.4 Å². The predicted molar refractivity (Wildman–Crippen MR) is 87.2 cm³/mol. The molecular weight excluding hydrogens is 302 g/mol. The fourth-order valence-corrected chi connectivity index (χ4v) is 3.31. The lowest BCUT2D eigenvalue weighted by Crippen LogP contribution is -2.42. The zero-order valence-electron chi connectivity index (χ0n) is 13.0. The highest BCUT2D eigenvalue weighted by molar-refractivity contribution is 7.15. The SMILES string of the molecule is CCCc1nnc(NC(=O)NCC(O)CN2CCCCC2)s1. The number of anilines is 1. The second-order valence-electron chi connectivity index (χ2n) is 5.60. The highest BCUT2D eigenvalue weighted by Crippen LogP contribution is 2.16. The Balaban J connectivity index is 1.65. The van der Waals surface area contributed by atoms with E-state index in [4.69, 9.17) is 0 Å². The van der Waals surface area contributed by atoms with Crippen LogP contribution in [-0.4, -0.2) is 58.5 Å². The van der Waals surface area contributed by atoms with Crippen LogP contribution in [0.4, 0.5) is 9.93 Å². The molecule has 1 fully saturated rings. The van der Waals surface area contributed by atoms with Crippen molar-refractivity contribution in [1.82, 2.24) is 20.4 Å². The van der Waals surface area contributed by atoms with Crippen LogP contribution in [0.5, 0.6) is 0 Å². The molecule has 0 spiro atoms. The lowest BCUT2D eigenvalue weighted by molar-refractivity contribution is 0.102. The van der Waals surface area contributed by atoms with Crippen LogP contribution in [0, 0.1) is 0 Å². The molecule has 22 heavy (non-hydrogen) atoms. The maximum absolute atomic E-state index is 11.8. The van der Waals surface area contributed by atoms with Crippen LogP contribution in [0.15, 0.2) is 0 Å². The molecule has 1 aromatic rings. The summed E-state index contributed by atoms with van der Waals surface area (Å²) < 4.78 is 0. The van der Waals surface area contributed by atoms with E-state index in [0.717, 1.165) is 30.9 Å². The molecule has 124 valence electrons. The van der Waals surface area contributed by atoms with E-state index in [1.165, 1.54) is 30.6 Å². The zero-order valence-corrected chi connectivity index (χ0v) is 13.9. The maximum Gasteiger partial charge on any atom is 0.321 e. The number of carbonyl (C=O) groups excluding carboxylic acids is 1. The molecule has 0 aliphatic carbocycles. The summed E-state index contributed by atoms with van der Waals surface area (Å²) in [4.78, 5) is 14.0. The summed E-state index contributed by atoms with van der Waals surface area (Å²) >= 11 is 1.38. The molecule has 1 atom stereocenters. The number of amides is 2. The quantitative estimate of drug-likeness (QED) is 0.705. The second kappa shape index (κ2) is 9.02. The largest absolute Gasteiger partial charge is 0.390 e. The van der Waals surface area contributed by atoms with Crippen molar-refractivity contribution in [1.29, 1.82) is 0 Å². The van der Waals surface area contributed by atoms with Crippen molar-refractivity contribution in [2.24, 2.45) is 0 Å². The maximum atomic E-state index is 11.8. The van der Waals surface area contributed by atoms with Gasteiger partial charge in [0, 0.05) is 19.5 Å². The third kappa shape index (κ3) is 5.86. The van der Waals surface area contributed by atoms with E-state index in [-0.39, 0.29) is 12.6 Å². The van der Waals surface area contributed by atoms with Crippen molar-refractivity contribution < 1.29 is 9.90 Å². The van der Waals surface area contributed by atoms with Gasteiger partial charge in [0.25, 0.3) is 0 Å². The molecule has 0 radical (unpaired) electrons. The molecule has 3 N–H and O–H groups in total. The second-order valence-corrected chi connectivity index (χ2v) is 6.66. The number of aryl methyl sites for hydroxylation is 1. The van der Waals surface area contributed by atoms with Gasteiger partial charge in [0.2, 0.25) is 5.13 Å². The van der Waals surface area contributed by atoms with E-state index in [1.54, 1.807) is 0 Å². The molecule has 2 rings (SSSR count). The number of urea groups is 1. The van der Waals surface area contributed by atoms with Gasteiger partial charge in [-0.3, -0.25) is 5.32 Å². The molecule has 7 nitrogen and oxygen atoms in total. The number of nitrogens with zero attached hydrogens (tertiary/aromatic N) is 3. The van der Waals surface area contributed by atoms with Gasteiger partial charge in [-0.25, -0.2) is 4.79 Å². The Kier molecular flexibility index (Phi) is 7.01. The first-order chi connectivity index (χ1) is 10.7. The highest BCUT2D eigenvalue weighted by atomic mass is 32.1. The van der Waals surface area contributed by atoms with E-state index < -0.39 is 6.10 Å². The fourth-order valence-electron chi connectivity index (χ4n) is 2.48.